The molecule has 1 amide bonds. The summed E-state index contributed by atoms with van der Waals surface area (Å²) in [6, 6.07) is 13.2. The van der Waals surface area contributed by atoms with Crippen molar-refractivity contribution >= 4 is 38.9 Å². The predicted octanol–water partition coefficient (Wildman–Crippen LogP) is 3.31. The smallest absolute Gasteiger partial charge is 0.245 e. The molecular formula is C18H19ClN2O4S. The Hall–Kier alpha value is -2.51. The normalized spacial score (nSPS) is 10.8. The number of sulfonamides is 1. The first-order valence-electron chi connectivity index (χ1n) is 7.67. The second-order valence-corrected chi connectivity index (χ2v) is 7.71. The summed E-state index contributed by atoms with van der Waals surface area (Å²) in [6.45, 7) is 3.51. The Kier molecular flexibility index (Phi) is 6.65. The molecule has 0 aromatic heterocycles. The molecule has 138 valence electrons. The number of anilines is 2. The number of para-hydroxylation sites is 1. The molecule has 0 aliphatic rings. The van der Waals surface area contributed by atoms with Crippen LogP contribution in [0.4, 0.5) is 11.4 Å². The number of rotatable bonds is 8. The molecule has 0 unspecified atom stereocenters. The number of hydrogen-bond acceptors (Lipinski definition) is 4. The number of carbonyl (C=O) groups is 1. The average molecular weight is 395 g/mol. The number of nitrogens with one attached hydrogen (secondary N) is 1. The van der Waals surface area contributed by atoms with Gasteiger partial charge >= 0.3 is 0 Å². The molecule has 2 aromatic rings. The summed E-state index contributed by atoms with van der Waals surface area (Å²) in [7, 11) is -3.70. The highest BCUT2D eigenvalue weighted by molar-refractivity contribution is 7.92. The zero-order valence-corrected chi connectivity index (χ0v) is 15.8. The Bertz CT molecular complexity index is 900. The summed E-state index contributed by atoms with van der Waals surface area (Å²) in [5.41, 5.74) is 0.735. The molecule has 6 nitrogen and oxygen atoms in total. The topological polar surface area (TPSA) is 75.7 Å². The van der Waals surface area contributed by atoms with Gasteiger partial charge < -0.3 is 10.1 Å². The van der Waals surface area contributed by atoms with Crippen LogP contribution in [0.25, 0.3) is 0 Å². The summed E-state index contributed by atoms with van der Waals surface area (Å²) >= 11 is 6.08. The van der Waals surface area contributed by atoms with E-state index in [-0.39, 0.29) is 10.7 Å². The lowest BCUT2D eigenvalue weighted by Gasteiger charge is -2.22. The number of benzene rings is 2. The summed E-state index contributed by atoms with van der Waals surface area (Å²) < 4.78 is 30.6. The lowest BCUT2D eigenvalue weighted by atomic mass is 10.3. The third kappa shape index (κ3) is 5.50. The van der Waals surface area contributed by atoms with E-state index in [1.165, 1.54) is 0 Å². The van der Waals surface area contributed by atoms with Crippen molar-refractivity contribution in [3.8, 4) is 5.75 Å². The first-order valence-corrected chi connectivity index (χ1v) is 9.89. The van der Waals surface area contributed by atoms with Gasteiger partial charge in [-0.05, 0) is 24.3 Å². The van der Waals surface area contributed by atoms with Crippen LogP contribution in [0, 0.1) is 0 Å². The molecule has 2 rings (SSSR count). The Balaban J connectivity index is 2.16. The van der Waals surface area contributed by atoms with Crippen molar-refractivity contribution in [2.75, 3.05) is 29.0 Å². The molecule has 0 spiro atoms. The quantitative estimate of drug-likeness (QED) is 0.697. The molecule has 0 saturated carbocycles. The summed E-state index contributed by atoms with van der Waals surface area (Å²) in [5.74, 6) is 0.0602. The van der Waals surface area contributed by atoms with E-state index in [9.17, 15) is 13.2 Å². The number of carbonyl (C=O) groups excluding carboxylic acids is 1. The third-order valence-electron chi connectivity index (χ3n) is 3.29. The fraction of sp³-hybridized carbons (Fsp3) is 0.167. The molecule has 8 heteroatoms. The molecule has 0 heterocycles. The highest BCUT2D eigenvalue weighted by atomic mass is 35.5. The number of nitrogens with zero attached hydrogens (tertiary/aromatic N) is 1. The number of ether oxygens (including phenoxy) is 1. The maximum Gasteiger partial charge on any atom is 0.245 e. The molecule has 0 fully saturated rings. The van der Waals surface area contributed by atoms with E-state index in [4.69, 9.17) is 16.3 Å². The van der Waals surface area contributed by atoms with Gasteiger partial charge in [0.1, 0.15) is 18.9 Å². The van der Waals surface area contributed by atoms with E-state index in [2.05, 4.69) is 11.9 Å². The number of halogens is 1. The largest absolute Gasteiger partial charge is 0.489 e. The Morgan fingerprint density at radius 3 is 2.65 bits per heavy atom. The monoisotopic (exact) mass is 394 g/mol. The van der Waals surface area contributed by atoms with Crippen molar-refractivity contribution in [2.24, 2.45) is 0 Å². The lowest BCUT2D eigenvalue weighted by molar-refractivity contribution is -0.114. The molecule has 0 aliphatic carbocycles. The Morgan fingerprint density at radius 1 is 1.27 bits per heavy atom. The molecule has 26 heavy (non-hydrogen) atoms. The second-order valence-electron chi connectivity index (χ2n) is 5.40. The fourth-order valence-electron chi connectivity index (χ4n) is 2.18. The van der Waals surface area contributed by atoms with Crippen molar-refractivity contribution in [3.05, 3.63) is 66.2 Å². The van der Waals surface area contributed by atoms with E-state index >= 15 is 0 Å². The van der Waals surface area contributed by atoms with Crippen molar-refractivity contribution in [1.29, 1.82) is 0 Å². The standard InChI is InChI=1S/C18H19ClN2O4S/c1-3-11-25-15-8-6-7-14(12-15)20-18(22)13-21(26(2,23)24)17-10-5-4-9-16(17)19/h3-10,12H,1,11,13H2,2H3,(H,20,22). The number of hydrogen-bond donors (Lipinski definition) is 1. The van der Waals surface area contributed by atoms with Crippen LogP contribution < -0.4 is 14.4 Å². The zero-order valence-electron chi connectivity index (χ0n) is 14.2. The summed E-state index contributed by atoms with van der Waals surface area (Å²) in [4.78, 5) is 12.4. The molecule has 0 bridgehead atoms. The van der Waals surface area contributed by atoms with Gasteiger partial charge in [0.05, 0.1) is 17.0 Å². The van der Waals surface area contributed by atoms with Crippen LogP contribution in [0.5, 0.6) is 5.75 Å². The van der Waals surface area contributed by atoms with Gasteiger partial charge in [-0.15, -0.1) is 0 Å². The van der Waals surface area contributed by atoms with E-state index in [1.54, 1.807) is 54.6 Å². The minimum atomic E-state index is -3.70. The van der Waals surface area contributed by atoms with E-state index in [1.807, 2.05) is 0 Å². The third-order valence-corrected chi connectivity index (χ3v) is 4.74. The van der Waals surface area contributed by atoms with Gasteiger partial charge in [-0.25, -0.2) is 8.42 Å². The molecule has 1 N–H and O–H groups in total. The van der Waals surface area contributed by atoms with Crippen molar-refractivity contribution < 1.29 is 17.9 Å². The van der Waals surface area contributed by atoms with Gasteiger partial charge in [0, 0.05) is 11.8 Å². The maximum absolute atomic E-state index is 12.4. The van der Waals surface area contributed by atoms with Crippen molar-refractivity contribution in [1.82, 2.24) is 0 Å². The fourth-order valence-corrected chi connectivity index (χ4v) is 3.34. The number of amides is 1. The highest BCUT2D eigenvalue weighted by Gasteiger charge is 2.22. The SMILES string of the molecule is C=CCOc1cccc(NC(=O)CN(c2ccccc2Cl)S(C)(=O)=O)c1. The van der Waals surface area contributed by atoms with Crippen LogP contribution in [-0.2, 0) is 14.8 Å². The minimum absolute atomic E-state index is 0.241. The second kappa shape index (κ2) is 8.73. The van der Waals surface area contributed by atoms with Crippen LogP contribution in [0.1, 0.15) is 0 Å². The van der Waals surface area contributed by atoms with Crippen LogP contribution in [-0.4, -0.2) is 33.7 Å². The highest BCUT2D eigenvalue weighted by Crippen LogP contribution is 2.27. The van der Waals surface area contributed by atoms with Crippen LogP contribution in [0.3, 0.4) is 0 Å². The van der Waals surface area contributed by atoms with Gasteiger partial charge in [0.25, 0.3) is 0 Å². The van der Waals surface area contributed by atoms with Gasteiger partial charge in [-0.2, -0.15) is 0 Å². The molecule has 0 atom stereocenters. The first-order chi connectivity index (χ1) is 12.3. The van der Waals surface area contributed by atoms with Gasteiger partial charge in [-0.3, -0.25) is 9.10 Å². The Morgan fingerprint density at radius 2 is 2.00 bits per heavy atom. The summed E-state index contributed by atoms with van der Waals surface area (Å²) in [5, 5.41) is 2.90. The van der Waals surface area contributed by atoms with Crippen molar-refractivity contribution in [3.63, 3.8) is 0 Å². The molecule has 0 radical (unpaired) electrons. The predicted molar refractivity (Wildman–Crippen MR) is 104 cm³/mol. The lowest BCUT2D eigenvalue weighted by Crippen LogP contribution is -2.37. The van der Waals surface area contributed by atoms with Gasteiger partial charge in [-0.1, -0.05) is 42.5 Å². The molecule has 0 aliphatic heterocycles. The maximum atomic E-state index is 12.4. The molecule has 2 aromatic carbocycles. The molecule has 0 saturated heterocycles. The van der Waals surface area contributed by atoms with Crippen LogP contribution in [0.2, 0.25) is 5.02 Å². The van der Waals surface area contributed by atoms with E-state index in [0.29, 0.717) is 18.0 Å². The van der Waals surface area contributed by atoms with Gasteiger partial charge in [0.15, 0.2) is 0 Å². The average Bonchev–Trinajstić information content (AvgIpc) is 2.58. The molecular weight excluding hydrogens is 376 g/mol. The first kappa shape index (κ1) is 19.8. The van der Waals surface area contributed by atoms with Crippen LogP contribution in [0.15, 0.2) is 61.2 Å². The van der Waals surface area contributed by atoms with E-state index < -0.39 is 22.5 Å². The minimum Gasteiger partial charge on any atom is -0.489 e. The zero-order chi connectivity index (χ0) is 19.2. The van der Waals surface area contributed by atoms with Gasteiger partial charge in [0.2, 0.25) is 15.9 Å². The Labute approximate surface area is 158 Å². The van der Waals surface area contributed by atoms with E-state index in [0.717, 1.165) is 10.6 Å². The summed E-state index contributed by atoms with van der Waals surface area (Å²) in [6.07, 6.45) is 2.63. The van der Waals surface area contributed by atoms with Crippen LogP contribution >= 0.6 is 11.6 Å². The van der Waals surface area contributed by atoms with Crippen molar-refractivity contribution in [2.45, 2.75) is 0 Å².